The van der Waals surface area contributed by atoms with Crippen LogP contribution in [0.1, 0.15) is 0 Å². The van der Waals surface area contributed by atoms with E-state index >= 15 is 0 Å². The molecule has 6 heteroatoms. The summed E-state index contributed by atoms with van der Waals surface area (Å²) in [5.41, 5.74) is 19.6. The van der Waals surface area contributed by atoms with Crippen LogP contribution in [0.3, 0.4) is 0 Å². The molecule has 0 aliphatic carbocycles. The summed E-state index contributed by atoms with van der Waals surface area (Å²) < 4.78 is 0. The van der Waals surface area contributed by atoms with Gasteiger partial charge in [-0.1, -0.05) is 364 Å². The highest BCUT2D eigenvalue weighted by Gasteiger charge is 2.23. The van der Waals surface area contributed by atoms with Gasteiger partial charge in [-0.2, -0.15) is 0 Å². The average molecular weight is 1380 g/mol. The molecule has 0 unspecified atom stereocenters. The normalized spacial score (nSPS) is 11.3. The monoisotopic (exact) mass is 1370 g/mol. The minimum atomic E-state index is 0.633. The third-order valence-corrected chi connectivity index (χ3v) is 20.6. The third-order valence-electron chi connectivity index (χ3n) is 20.6. The van der Waals surface area contributed by atoms with Crippen LogP contribution in [-0.2, 0) is 0 Å². The highest BCUT2D eigenvalue weighted by Crippen LogP contribution is 2.46. The van der Waals surface area contributed by atoms with Gasteiger partial charge < -0.3 is 0 Å². The van der Waals surface area contributed by atoms with Crippen LogP contribution in [0.25, 0.3) is 200 Å². The molecule has 0 spiro atoms. The summed E-state index contributed by atoms with van der Waals surface area (Å²) in [5, 5.41) is 14.5. The summed E-state index contributed by atoms with van der Waals surface area (Å²) in [5.74, 6) is 3.84. The minimum absolute atomic E-state index is 0.633. The Labute approximate surface area is 626 Å². The van der Waals surface area contributed by atoms with Crippen molar-refractivity contribution in [3.05, 3.63) is 400 Å². The maximum Gasteiger partial charge on any atom is 0.164 e. The molecule has 0 N–H and O–H groups in total. The van der Waals surface area contributed by atoms with E-state index in [1.807, 2.05) is 72.8 Å². The van der Waals surface area contributed by atoms with Crippen LogP contribution in [0.5, 0.6) is 0 Å². The highest BCUT2D eigenvalue weighted by atomic mass is 15.0. The van der Waals surface area contributed by atoms with E-state index < -0.39 is 0 Å². The van der Waals surface area contributed by atoms with Gasteiger partial charge in [-0.05, 0) is 168 Å². The van der Waals surface area contributed by atoms with Crippen molar-refractivity contribution in [3.63, 3.8) is 0 Å². The molecule has 2 aromatic heterocycles. The van der Waals surface area contributed by atoms with Gasteiger partial charge in [-0.3, -0.25) is 0 Å². The van der Waals surface area contributed by atoms with E-state index in [0.717, 1.165) is 72.1 Å². The number of nitrogens with zero attached hydrogens (tertiary/aromatic N) is 6. The second-order valence-corrected chi connectivity index (χ2v) is 27.2. The Kier molecular flexibility index (Phi) is 16.9. The summed E-state index contributed by atoms with van der Waals surface area (Å²) in [6, 6.07) is 141. The molecule has 6 nitrogen and oxygen atoms in total. The number of rotatable bonds is 12. The summed E-state index contributed by atoms with van der Waals surface area (Å²) in [4.78, 5) is 30.8. The summed E-state index contributed by atoms with van der Waals surface area (Å²) in [7, 11) is 0. The van der Waals surface area contributed by atoms with Gasteiger partial charge >= 0.3 is 0 Å². The third kappa shape index (κ3) is 12.4. The van der Waals surface area contributed by atoms with Gasteiger partial charge in [0.2, 0.25) is 0 Å². The number of hydrogen-bond donors (Lipinski definition) is 0. The van der Waals surface area contributed by atoms with Gasteiger partial charge in [0.05, 0.1) is 0 Å². The minimum Gasteiger partial charge on any atom is -0.208 e. The van der Waals surface area contributed by atoms with Gasteiger partial charge in [0, 0.05) is 33.4 Å². The molecule has 0 aliphatic rings. The van der Waals surface area contributed by atoms with Crippen LogP contribution in [-0.4, -0.2) is 29.9 Å². The second kappa shape index (κ2) is 28.3. The number of hydrogen-bond acceptors (Lipinski definition) is 6. The molecular weight excluding hydrogens is 1310 g/mol. The fraction of sp³-hybridized carbons (Fsp3) is 0. The molecule has 0 fully saturated rings. The molecule has 108 heavy (non-hydrogen) atoms. The highest BCUT2D eigenvalue weighted by molar-refractivity contribution is 6.29. The van der Waals surface area contributed by atoms with Crippen molar-refractivity contribution in [1.29, 1.82) is 0 Å². The van der Waals surface area contributed by atoms with Crippen molar-refractivity contribution >= 4 is 64.6 Å². The van der Waals surface area contributed by atoms with Gasteiger partial charge in [0.15, 0.2) is 34.9 Å². The first-order valence-electron chi connectivity index (χ1n) is 36.6. The van der Waals surface area contributed by atoms with Crippen molar-refractivity contribution in [2.24, 2.45) is 0 Å². The first-order valence-corrected chi connectivity index (χ1v) is 36.6. The molecule has 2 heterocycles. The topological polar surface area (TPSA) is 77.3 Å². The van der Waals surface area contributed by atoms with Crippen LogP contribution in [0.2, 0.25) is 0 Å². The van der Waals surface area contributed by atoms with Gasteiger partial charge in [0.25, 0.3) is 0 Å². The molecule has 0 radical (unpaired) electrons. The zero-order valence-electron chi connectivity index (χ0n) is 58.8. The molecule has 20 rings (SSSR count). The van der Waals surface area contributed by atoms with Crippen molar-refractivity contribution in [3.8, 4) is 135 Å². The Morgan fingerprint density at radius 2 is 0.361 bits per heavy atom. The number of benzene rings is 18. The summed E-state index contributed by atoms with van der Waals surface area (Å²) >= 11 is 0. The standard InChI is InChI=1S/2C51H33N3/c1-4-16-34(17-5-1)37-22-14-23-38(30-37)39-24-15-25-40(31-39)45-32-46-43-28-12-10-26-41(43)42-27-11-13-29-44(42)47(46)33-48(45)51-53-49(35-18-6-2-7-19-35)52-50(54-51)36-20-8-3-9-21-36;1-4-14-34(15-5-1)35-24-26-36(27-25-35)37-28-30-38(31-29-37)46-32-41(33-47-44-22-11-10-20-42(44)43-21-12-13-23-45(43)48(46)47)51-53-49(39-16-6-2-7-17-39)52-50(54-51)40-18-8-3-9-19-40/h2*1-33H. The second-order valence-electron chi connectivity index (χ2n) is 27.2. The van der Waals surface area contributed by atoms with Crippen LogP contribution in [0, 0.1) is 0 Å². The first kappa shape index (κ1) is 64.4. The Morgan fingerprint density at radius 3 is 0.759 bits per heavy atom. The predicted octanol–water partition coefficient (Wildman–Crippen LogP) is 26.7. The van der Waals surface area contributed by atoms with Crippen molar-refractivity contribution in [2.45, 2.75) is 0 Å². The lowest BCUT2D eigenvalue weighted by molar-refractivity contribution is 1.07. The van der Waals surface area contributed by atoms with Crippen LogP contribution < -0.4 is 0 Å². The SMILES string of the molecule is c1ccc(-c2ccc(-c3ccc(-c4cc(-c5nc(-c6ccccc6)nc(-c6ccccc6)n5)cc5c6ccccc6c6ccccc6c45)cc3)cc2)cc1.c1ccc(-c2cccc(-c3cccc(-c4cc5c6ccccc6c6ccccc6c5cc4-c4nc(-c5ccccc5)nc(-c5ccccc5)n4)c3)c2)cc1. The summed E-state index contributed by atoms with van der Waals surface area (Å²) in [6.07, 6.45) is 0. The molecule has 0 aliphatic heterocycles. The number of aromatic nitrogens is 6. The van der Waals surface area contributed by atoms with Crippen molar-refractivity contribution < 1.29 is 0 Å². The van der Waals surface area contributed by atoms with E-state index in [1.54, 1.807) is 0 Å². The Hall–Kier alpha value is -14.5. The molecule has 0 bridgehead atoms. The van der Waals surface area contributed by atoms with Gasteiger partial charge in [-0.25, -0.2) is 29.9 Å². The zero-order chi connectivity index (χ0) is 71.7. The Bertz CT molecular complexity index is 6620. The largest absolute Gasteiger partial charge is 0.208 e. The van der Waals surface area contributed by atoms with E-state index in [0.29, 0.717) is 34.9 Å². The molecule has 0 atom stereocenters. The van der Waals surface area contributed by atoms with Gasteiger partial charge in [0.1, 0.15) is 0 Å². The van der Waals surface area contributed by atoms with E-state index in [4.69, 9.17) is 29.9 Å². The fourth-order valence-corrected chi connectivity index (χ4v) is 15.3. The average Bonchev–Trinajstić information content (AvgIpc) is 0.733. The van der Waals surface area contributed by atoms with E-state index in [2.05, 4.69) is 328 Å². The predicted molar refractivity (Wildman–Crippen MR) is 450 cm³/mol. The van der Waals surface area contributed by atoms with E-state index in [-0.39, 0.29) is 0 Å². The summed E-state index contributed by atoms with van der Waals surface area (Å²) in [6.45, 7) is 0. The maximum atomic E-state index is 5.24. The van der Waals surface area contributed by atoms with Crippen molar-refractivity contribution in [2.75, 3.05) is 0 Å². The van der Waals surface area contributed by atoms with E-state index in [1.165, 1.54) is 92.6 Å². The lowest BCUT2D eigenvalue weighted by atomic mass is 9.87. The number of fused-ring (bicyclic) bond motifs is 12. The van der Waals surface area contributed by atoms with Crippen LogP contribution in [0.15, 0.2) is 400 Å². The maximum absolute atomic E-state index is 5.24. The first-order chi connectivity index (χ1) is 53.5. The smallest absolute Gasteiger partial charge is 0.164 e. The van der Waals surface area contributed by atoms with Crippen LogP contribution >= 0.6 is 0 Å². The van der Waals surface area contributed by atoms with Crippen molar-refractivity contribution in [1.82, 2.24) is 29.9 Å². The molecule has 20 aromatic rings. The van der Waals surface area contributed by atoms with Gasteiger partial charge in [-0.15, -0.1) is 0 Å². The quantitative estimate of drug-likeness (QED) is 0.113. The van der Waals surface area contributed by atoms with E-state index in [9.17, 15) is 0 Å². The molecule has 0 saturated heterocycles. The van der Waals surface area contributed by atoms with Crippen LogP contribution in [0.4, 0.5) is 0 Å². The molecule has 504 valence electrons. The zero-order valence-corrected chi connectivity index (χ0v) is 58.8. The lowest BCUT2D eigenvalue weighted by Crippen LogP contribution is -2.01. The lowest BCUT2D eigenvalue weighted by Gasteiger charge is -2.17. The molecular formula is C102H66N6. The molecule has 0 saturated carbocycles. The Balaban J connectivity index is 0.000000147. The fourth-order valence-electron chi connectivity index (χ4n) is 15.3. The Morgan fingerprint density at radius 1 is 0.111 bits per heavy atom. The molecule has 18 aromatic carbocycles. The molecule has 0 amide bonds.